The van der Waals surface area contributed by atoms with Crippen molar-refractivity contribution in [1.82, 2.24) is 4.98 Å². The molecule has 5 nitrogen and oxygen atoms in total. The van der Waals surface area contributed by atoms with E-state index in [1.54, 1.807) is 13.0 Å². The number of methoxy groups -OCH3 is 1. The minimum Gasteiger partial charge on any atom is -0.465 e. The van der Waals surface area contributed by atoms with E-state index in [1.165, 1.54) is 7.11 Å². The number of fused-ring (bicyclic) bond motifs is 2. The Bertz CT molecular complexity index is 651. The highest BCUT2D eigenvalue weighted by molar-refractivity contribution is 5.95. The molecule has 0 aliphatic carbocycles. The summed E-state index contributed by atoms with van der Waals surface area (Å²) in [6.07, 6.45) is 0. The van der Waals surface area contributed by atoms with Gasteiger partial charge in [0.15, 0.2) is 11.5 Å². The van der Waals surface area contributed by atoms with Gasteiger partial charge in [0.2, 0.25) is 6.79 Å². The van der Waals surface area contributed by atoms with E-state index < -0.39 is 0 Å². The van der Waals surface area contributed by atoms with Gasteiger partial charge in [-0.05, 0) is 19.1 Å². The van der Waals surface area contributed by atoms with Gasteiger partial charge in [-0.15, -0.1) is 0 Å². The first-order chi connectivity index (χ1) is 8.69. The Kier molecular flexibility index (Phi) is 2.33. The minimum atomic E-state index is -0.389. The average molecular weight is 245 g/mol. The largest absolute Gasteiger partial charge is 0.465 e. The van der Waals surface area contributed by atoms with Gasteiger partial charge in [-0.25, -0.2) is 4.79 Å². The van der Waals surface area contributed by atoms with Crippen LogP contribution in [-0.2, 0) is 4.74 Å². The van der Waals surface area contributed by atoms with E-state index in [-0.39, 0.29) is 12.8 Å². The van der Waals surface area contributed by atoms with Crippen molar-refractivity contribution in [3.8, 4) is 11.5 Å². The Morgan fingerprint density at radius 3 is 2.72 bits per heavy atom. The summed E-state index contributed by atoms with van der Waals surface area (Å²) in [6.45, 7) is 1.99. The SMILES string of the molecule is COC(=O)c1cc2cc3c(cc2nc1C)OCO3. The smallest absolute Gasteiger partial charge is 0.339 e. The molecule has 1 aromatic heterocycles. The molecule has 0 N–H and O–H groups in total. The summed E-state index contributed by atoms with van der Waals surface area (Å²) in [5.74, 6) is 0.962. The number of aryl methyl sites for hydroxylation is 1. The number of hydrogen-bond donors (Lipinski definition) is 0. The summed E-state index contributed by atoms with van der Waals surface area (Å²) in [6, 6.07) is 5.38. The molecule has 0 saturated heterocycles. The van der Waals surface area contributed by atoms with E-state index in [4.69, 9.17) is 14.2 Å². The lowest BCUT2D eigenvalue weighted by Gasteiger charge is -2.06. The first kappa shape index (κ1) is 10.8. The van der Waals surface area contributed by atoms with Gasteiger partial charge in [0.05, 0.1) is 23.9 Å². The van der Waals surface area contributed by atoms with Crippen LogP contribution >= 0.6 is 0 Å². The highest BCUT2D eigenvalue weighted by Gasteiger charge is 2.17. The number of carbonyl (C=O) groups is 1. The van der Waals surface area contributed by atoms with Crippen LogP contribution < -0.4 is 9.47 Å². The summed E-state index contributed by atoms with van der Waals surface area (Å²) < 4.78 is 15.3. The topological polar surface area (TPSA) is 57.7 Å². The van der Waals surface area contributed by atoms with E-state index in [0.29, 0.717) is 22.8 Å². The number of rotatable bonds is 1. The van der Waals surface area contributed by atoms with E-state index in [1.807, 2.05) is 12.1 Å². The molecular weight excluding hydrogens is 234 g/mol. The molecule has 0 bridgehead atoms. The summed E-state index contributed by atoms with van der Waals surface area (Å²) in [5, 5.41) is 0.824. The Labute approximate surface area is 103 Å². The van der Waals surface area contributed by atoms with Crippen molar-refractivity contribution in [1.29, 1.82) is 0 Å². The van der Waals surface area contributed by atoms with Crippen molar-refractivity contribution in [3.05, 3.63) is 29.5 Å². The molecule has 0 unspecified atom stereocenters. The minimum absolute atomic E-state index is 0.217. The van der Waals surface area contributed by atoms with Gasteiger partial charge in [-0.2, -0.15) is 0 Å². The van der Waals surface area contributed by atoms with Crippen LogP contribution in [0.5, 0.6) is 11.5 Å². The number of aromatic nitrogens is 1. The predicted molar refractivity (Wildman–Crippen MR) is 63.9 cm³/mol. The summed E-state index contributed by atoms with van der Waals surface area (Å²) in [7, 11) is 1.35. The Morgan fingerprint density at radius 2 is 2.00 bits per heavy atom. The zero-order valence-corrected chi connectivity index (χ0v) is 10.0. The maximum absolute atomic E-state index is 11.6. The van der Waals surface area contributed by atoms with Crippen LogP contribution in [0.25, 0.3) is 10.9 Å². The molecule has 92 valence electrons. The summed E-state index contributed by atoms with van der Waals surface area (Å²) in [5.41, 5.74) is 1.86. The van der Waals surface area contributed by atoms with Crippen molar-refractivity contribution >= 4 is 16.9 Å². The van der Waals surface area contributed by atoms with Gasteiger partial charge >= 0.3 is 5.97 Å². The standard InChI is InChI=1S/C13H11NO4/c1-7-9(13(15)16-2)3-8-4-11-12(18-6-17-11)5-10(8)14-7/h3-5H,6H2,1-2H3. The Hall–Kier alpha value is -2.30. The number of esters is 1. The molecule has 3 rings (SSSR count). The molecule has 0 fully saturated rings. The monoisotopic (exact) mass is 245 g/mol. The number of carbonyl (C=O) groups excluding carboxylic acids is 1. The third-order valence-electron chi connectivity index (χ3n) is 2.90. The summed E-state index contributed by atoms with van der Waals surface area (Å²) >= 11 is 0. The van der Waals surface area contributed by atoms with Crippen molar-refractivity contribution in [2.75, 3.05) is 13.9 Å². The Morgan fingerprint density at radius 1 is 1.28 bits per heavy atom. The van der Waals surface area contributed by atoms with E-state index in [9.17, 15) is 4.79 Å². The highest BCUT2D eigenvalue weighted by atomic mass is 16.7. The number of hydrogen-bond acceptors (Lipinski definition) is 5. The van der Waals surface area contributed by atoms with Crippen LogP contribution in [0.3, 0.4) is 0 Å². The van der Waals surface area contributed by atoms with E-state index >= 15 is 0 Å². The zero-order valence-electron chi connectivity index (χ0n) is 10.0. The maximum atomic E-state index is 11.6. The lowest BCUT2D eigenvalue weighted by Crippen LogP contribution is -2.05. The second-order valence-electron chi connectivity index (χ2n) is 4.01. The molecule has 1 aliphatic rings. The maximum Gasteiger partial charge on any atom is 0.339 e. The fourth-order valence-corrected chi connectivity index (χ4v) is 1.98. The molecule has 0 atom stereocenters. The normalized spacial score (nSPS) is 12.8. The molecule has 5 heteroatoms. The fourth-order valence-electron chi connectivity index (χ4n) is 1.98. The fraction of sp³-hybridized carbons (Fsp3) is 0.231. The highest BCUT2D eigenvalue weighted by Crippen LogP contribution is 2.35. The van der Waals surface area contributed by atoms with Crippen molar-refractivity contribution < 1.29 is 19.0 Å². The van der Waals surface area contributed by atoms with Gasteiger partial charge in [0.1, 0.15) is 0 Å². The third kappa shape index (κ3) is 1.55. The number of nitrogens with zero attached hydrogens (tertiary/aromatic N) is 1. The molecule has 1 aliphatic heterocycles. The molecule has 2 heterocycles. The van der Waals surface area contributed by atoms with Gasteiger partial charge in [-0.1, -0.05) is 0 Å². The van der Waals surface area contributed by atoms with Gasteiger partial charge < -0.3 is 14.2 Å². The molecule has 1 aromatic carbocycles. The lowest BCUT2D eigenvalue weighted by molar-refractivity contribution is 0.0599. The number of pyridine rings is 1. The first-order valence-corrected chi connectivity index (χ1v) is 5.48. The van der Waals surface area contributed by atoms with Crippen molar-refractivity contribution in [2.45, 2.75) is 6.92 Å². The average Bonchev–Trinajstić information content (AvgIpc) is 2.81. The predicted octanol–water partition coefficient (Wildman–Crippen LogP) is 2.06. The molecule has 2 aromatic rings. The van der Waals surface area contributed by atoms with E-state index in [2.05, 4.69) is 4.98 Å². The molecule has 0 saturated carbocycles. The van der Waals surface area contributed by atoms with Crippen LogP contribution in [0.15, 0.2) is 18.2 Å². The van der Waals surface area contributed by atoms with Crippen LogP contribution in [-0.4, -0.2) is 24.9 Å². The molecular formula is C13H11NO4. The van der Waals surface area contributed by atoms with Crippen LogP contribution in [0.2, 0.25) is 0 Å². The molecule has 0 spiro atoms. The van der Waals surface area contributed by atoms with Crippen LogP contribution in [0.1, 0.15) is 16.1 Å². The second-order valence-corrected chi connectivity index (χ2v) is 4.01. The van der Waals surface area contributed by atoms with Crippen LogP contribution in [0, 0.1) is 6.92 Å². The van der Waals surface area contributed by atoms with Gasteiger partial charge in [0, 0.05) is 11.5 Å². The molecule has 0 radical (unpaired) electrons. The van der Waals surface area contributed by atoms with Crippen LogP contribution in [0.4, 0.5) is 0 Å². The molecule has 0 amide bonds. The number of benzene rings is 1. The summed E-state index contributed by atoms with van der Waals surface area (Å²) in [4.78, 5) is 16.0. The van der Waals surface area contributed by atoms with E-state index in [0.717, 1.165) is 10.9 Å². The first-order valence-electron chi connectivity index (χ1n) is 5.48. The van der Waals surface area contributed by atoms with Crippen molar-refractivity contribution in [3.63, 3.8) is 0 Å². The van der Waals surface area contributed by atoms with Crippen molar-refractivity contribution in [2.24, 2.45) is 0 Å². The number of ether oxygens (including phenoxy) is 3. The van der Waals surface area contributed by atoms with Gasteiger partial charge in [-0.3, -0.25) is 4.98 Å². The third-order valence-corrected chi connectivity index (χ3v) is 2.90. The molecule has 18 heavy (non-hydrogen) atoms. The zero-order chi connectivity index (χ0) is 12.7. The Balaban J connectivity index is 2.22. The second kappa shape index (κ2) is 3.87. The van der Waals surface area contributed by atoms with Gasteiger partial charge in [0.25, 0.3) is 0 Å². The lowest BCUT2D eigenvalue weighted by atomic mass is 10.1. The quantitative estimate of drug-likeness (QED) is 0.720.